The summed E-state index contributed by atoms with van der Waals surface area (Å²) in [6.45, 7) is 5.44. The van der Waals surface area contributed by atoms with Crippen molar-refractivity contribution in [3.8, 4) is 0 Å². The molecule has 0 aliphatic rings. The van der Waals surface area contributed by atoms with Crippen LogP contribution in [0.15, 0.2) is 120 Å². The van der Waals surface area contributed by atoms with Gasteiger partial charge in [-0.1, -0.05) is 97.9 Å². The lowest BCUT2D eigenvalue weighted by molar-refractivity contribution is -0.140. The highest BCUT2D eigenvalue weighted by molar-refractivity contribution is 7.92. The van der Waals surface area contributed by atoms with Crippen LogP contribution in [0.2, 0.25) is 0 Å². The summed E-state index contributed by atoms with van der Waals surface area (Å²) in [6, 6.07) is 33.1. The Morgan fingerprint density at radius 2 is 1.37 bits per heavy atom. The van der Waals surface area contributed by atoms with Crippen molar-refractivity contribution >= 4 is 27.5 Å². The number of carbonyl (C=O) groups is 2. The standard InChI is InChI=1S/C35H39N3O4S/c1-4-28(3)36-35(40)33(24-29-16-8-5-9-17-29)37(25-30-18-10-6-11-19-30)34(39)26-38(31-20-14-15-27(2)23-31)43(41,42)32-21-12-7-13-22-32/h5-23,28,33H,4,24-26H2,1-3H3,(H,36,40)/t28-,33+/m0/s1. The number of rotatable bonds is 13. The van der Waals surface area contributed by atoms with Crippen LogP contribution in [0.5, 0.6) is 0 Å². The zero-order chi connectivity index (χ0) is 30.8. The molecule has 0 aromatic heterocycles. The summed E-state index contributed by atoms with van der Waals surface area (Å²) >= 11 is 0. The smallest absolute Gasteiger partial charge is 0.264 e. The van der Waals surface area contributed by atoms with E-state index in [1.54, 1.807) is 36.4 Å². The molecule has 7 nitrogen and oxygen atoms in total. The number of anilines is 1. The fraction of sp³-hybridized carbons (Fsp3) is 0.257. The molecule has 1 N–H and O–H groups in total. The molecule has 43 heavy (non-hydrogen) atoms. The third kappa shape index (κ3) is 8.32. The number of aryl methyl sites for hydroxylation is 1. The average molecular weight is 598 g/mol. The van der Waals surface area contributed by atoms with E-state index in [0.717, 1.165) is 27.4 Å². The van der Waals surface area contributed by atoms with Crippen molar-refractivity contribution in [3.05, 3.63) is 132 Å². The van der Waals surface area contributed by atoms with Gasteiger partial charge in [-0.25, -0.2) is 8.42 Å². The Balaban J connectivity index is 1.79. The minimum absolute atomic E-state index is 0.0780. The van der Waals surface area contributed by atoms with Crippen LogP contribution in [0.1, 0.15) is 37.0 Å². The predicted octanol–water partition coefficient (Wildman–Crippen LogP) is 5.75. The zero-order valence-electron chi connectivity index (χ0n) is 24.9. The third-order valence-corrected chi connectivity index (χ3v) is 9.16. The highest BCUT2D eigenvalue weighted by atomic mass is 32.2. The molecule has 0 bridgehead atoms. The third-order valence-electron chi connectivity index (χ3n) is 7.37. The topological polar surface area (TPSA) is 86.8 Å². The summed E-state index contributed by atoms with van der Waals surface area (Å²) in [7, 11) is -4.11. The molecular weight excluding hydrogens is 558 g/mol. The van der Waals surface area contributed by atoms with Gasteiger partial charge < -0.3 is 10.2 Å². The molecule has 0 heterocycles. The summed E-state index contributed by atoms with van der Waals surface area (Å²) in [6.07, 6.45) is 1.00. The van der Waals surface area contributed by atoms with Crippen LogP contribution in [-0.2, 0) is 32.6 Å². The maximum absolute atomic E-state index is 14.4. The van der Waals surface area contributed by atoms with Gasteiger partial charge >= 0.3 is 0 Å². The molecule has 8 heteroatoms. The molecule has 0 unspecified atom stereocenters. The monoisotopic (exact) mass is 597 g/mol. The molecule has 0 spiro atoms. The number of hydrogen-bond acceptors (Lipinski definition) is 4. The minimum Gasteiger partial charge on any atom is -0.352 e. The van der Waals surface area contributed by atoms with Crippen LogP contribution < -0.4 is 9.62 Å². The number of hydrogen-bond donors (Lipinski definition) is 1. The summed E-state index contributed by atoms with van der Waals surface area (Å²) in [5, 5.41) is 3.05. The molecule has 224 valence electrons. The van der Waals surface area contributed by atoms with Gasteiger partial charge in [0.2, 0.25) is 11.8 Å². The maximum atomic E-state index is 14.4. The highest BCUT2D eigenvalue weighted by Gasteiger charge is 2.34. The predicted molar refractivity (Wildman–Crippen MR) is 171 cm³/mol. The molecule has 0 saturated heterocycles. The molecule has 0 aliphatic heterocycles. The number of amides is 2. The summed E-state index contributed by atoms with van der Waals surface area (Å²) in [4.78, 5) is 29.9. The van der Waals surface area contributed by atoms with E-state index in [9.17, 15) is 18.0 Å². The first-order valence-corrected chi connectivity index (χ1v) is 15.9. The lowest BCUT2D eigenvalue weighted by atomic mass is 10.0. The van der Waals surface area contributed by atoms with Crippen molar-refractivity contribution in [3.63, 3.8) is 0 Å². The van der Waals surface area contributed by atoms with Crippen molar-refractivity contribution in [1.29, 1.82) is 0 Å². The van der Waals surface area contributed by atoms with Gasteiger partial charge in [-0.2, -0.15) is 0 Å². The van der Waals surface area contributed by atoms with Crippen molar-refractivity contribution < 1.29 is 18.0 Å². The molecule has 4 rings (SSSR count). The van der Waals surface area contributed by atoms with Gasteiger partial charge in [0.1, 0.15) is 12.6 Å². The number of sulfonamides is 1. The molecular formula is C35H39N3O4S. The lowest BCUT2D eigenvalue weighted by Gasteiger charge is -2.34. The van der Waals surface area contributed by atoms with E-state index in [4.69, 9.17) is 0 Å². The van der Waals surface area contributed by atoms with E-state index in [-0.39, 0.29) is 29.8 Å². The Kier molecular flexibility index (Phi) is 10.7. The van der Waals surface area contributed by atoms with E-state index in [0.29, 0.717) is 5.69 Å². The summed E-state index contributed by atoms with van der Waals surface area (Å²) in [5.74, 6) is -0.763. The van der Waals surface area contributed by atoms with E-state index in [1.807, 2.05) is 87.5 Å². The van der Waals surface area contributed by atoms with Crippen molar-refractivity contribution in [2.75, 3.05) is 10.8 Å². The van der Waals surface area contributed by atoms with Gasteiger partial charge in [0, 0.05) is 19.0 Å². The first kappa shape index (κ1) is 31.5. The maximum Gasteiger partial charge on any atom is 0.264 e. The Morgan fingerprint density at radius 3 is 1.95 bits per heavy atom. The van der Waals surface area contributed by atoms with Gasteiger partial charge in [-0.3, -0.25) is 13.9 Å². The first-order chi connectivity index (χ1) is 20.7. The number of benzene rings is 4. The second-order valence-corrected chi connectivity index (χ2v) is 12.6. The average Bonchev–Trinajstić information content (AvgIpc) is 3.02. The SMILES string of the molecule is CC[C@H](C)NC(=O)[C@@H](Cc1ccccc1)N(Cc1ccccc1)C(=O)CN(c1cccc(C)c1)S(=O)(=O)c1ccccc1. The number of nitrogens with zero attached hydrogens (tertiary/aromatic N) is 2. The van der Waals surface area contributed by atoms with Gasteiger partial charge in [0.15, 0.2) is 0 Å². The molecule has 0 fully saturated rings. The highest BCUT2D eigenvalue weighted by Crippen LogP contribution is 2.26. The largest absolute Gasteiger partial charge is 0.352 e. The van der Waals surface area contributed by atoms with Crippen LogP contribution in [0.4, 0.5) is 5.69 Å². The quantitative estimate of drug-likeness (QED) is 0.213. The Bertz CT molecular complexity index is 1600. The Hall–Kier alpha value is -4.43. The Morgan fingerprint density at radius 1 is 0.791 bits per heavy atom. The van der Waals surface area contributed by atoms with Crippen LogP contribution >= 0.6 is 0 Å². The molecule has 0 radical (unpaired) electrons. The number of nitrogens with one attached hydrogen (secondary N) is 1. The first-order valence-electron chi connectivity index (χ1n) is 14.5. The fourth-order valence-corrected chi connectivity index (χ4v) is 6.23. The second kappa shape index (κ2) is 14.6. The van der Waals surface area contributed by atoms with Crippen LogP contribution in [-0.4, -0.2) is 43.8 Å². The van der Waals surface area contributed by atoms with Crippen LogP contribution in [0.25, 0.3) is 0 Å². The van der Waals surface area contributed by atoms with E-state index >= 15 is 0 Å². The van der Waals surface area contributed by atoms with Crippen molar-refractivity contribution in [2.45, 2.75) is 57.1 Å². The van der Waals surface area contributed by atoms with Gasteiger partial charge in [0.25, 0.3) is 10.0 Å². The summed E-state index contributed by atoms with van der Waals surface area (Å²) < 4.78 is 29.2. The van der Waals surface area contributed by atoms with Gasteiger partial charge in [0.05, 0.1) is 10.6 Å². The molecule has 0 aliphatic carbocycles. The Labute approximate surface area is 255 Å². The zero-order valence-corrected chi connectivity index (χ0v) is 25.7. The molecule has 4 aromatic rings. The van der Waals surface area contributed by atoms with Crippen molar-refractivity contribution in [1.82, 2.24) is 10.2 Å². The van der Waals surface area contributed by atoms with Crippen molar-refractivity contribution in [2.24, 2.45) is 0 Å². The van der Waals surface area contributed by atoms with Crippen LogP contribution in [0, 0.1) is 6.92 Å². The molecule has 2 atom stereocenters. The number of carbonyl (C=O) groups excluding carboxylic acids is 2. The summed E-state index contributed by atoms with van der Waals surface area (Å²) in [5.41, 5.74) is 2.96. The van der Waals surface area contributed by atoms with E-state index < -0.39 is 28.5 Å². The molecule has 2 amide bonds. The second-order valence-electron chi connectivity index (χ2n) is 10.7. The van der Waals surface area contributed by atoms with Gasteiger partial charge in [-0.15, -0.1) is 0 Å². The molecule has 0 saturated carbocycles. The minimum atomic E-state index is -4.11. The normalized spacial score (nSPS) is 12.6. The lowest BCUT2D eigenvalue weighted by Crippen LogP contribution is -2.54. The van der Waals surface area contributed by atoms with Crippen LogP contribution in [0.3, 0.4) is 0 Å². The van der Waals surface area contributed by atoms with E-state index in [1.165, 1.54) is 17.0 Å². The molecule has 4 aromatic carbocycles. The van der Waals surface area contributed by atoms with Gasteiger partial charge in [-0.05, 0) is 61.2 Å². The van der Waals surface area contributed by atoms with E-state index in [2.05, 4.69) is 5.32 Å². The fourth-order valence-electron chi connectivity index (χ4n) is 4.81.